The molecule has 1 atom stereocenters. The lowest BCUT2D eigenvalue weighted by Gasteiger charge is -2.27. The summed E-state index contributed by atoms with van der Waals surface area (Å²) in [6.45, 7) is 5.39. The average molecular weight is 295 g/mol. The number of nitrogens with one attached hydrogen (secondary N) is 1. The molecule has 0 bridgehead atoms. The Morgan fingerprint density at radius 3 is 2.65 bits per heavy atom. The monoisotopic (exact) mass is 294 g/mol. The van der Waals surface area contributed by atoms with E-state index in [2.05, 4.69) is 49.3 Å². The third-order valence-electron chi connectivity index (χ3n) is 4.43. The van der Waals surface area contributed by atoms with E-state index >= 15 is 0 Å². The molecule has 1 aliphatic carbocycles. The van der Waals surface area contributed by atoms with Gasteiger partial charge in [-0.05, 0) is 50.4 Å². The van der Waals surface area contributed by atoms with Crippen LogP contribution in [-0.2, 0) is 0 Å². The number of benzene rings is 1. The van der Waals surface area contributed by atoms with Crippen molar-refractivity contribution in [2.45, 2.75) is 58.0 Å². The van der Waals surface area contributed by atoms with Gasteiger partial charge in [-0.25, -0.2) is 0 Å². The van der Waals surface area contributed by atoms with Gasteiger partial charge in [0, 0.05) is 29.8 Å². The zero-order valence-corrected chi connectivity index (χ0v) is 13.7. The van der Waals surface area contributed by atoms with E-state index in [1.54, 1.807) is 0 Å². The van der Waals surface area contributed by atoms with Crippen LogP contribution in [0.3, 0.4) is 0 Å². The first-order valence-electron chi connectivity index (χ1n) is 7.89. The highest BCUT2D eigenvalue weighted by molar-refractivity contribution is 6.31. The first kappa shape index (κ1) is 15.7. The van der Waals surface area contributed by atoms with E-state index < -0.39 is 0 Å². The molecule has 0 saturated heterocycles. The summed E-state index contributed by atoms with van der Waals surface area (Å²) in [4.78, 5) is 2.40. The van der Waals surface area contributed by atoms with Crippen LogP contribution in [-0.4, -0.2) is 19.6 Å². The van der Waals surface area contributed by atoms with Crippen molar-refractivity contribution in [1.29, 1.82) is 0 Å². The lowest BCUT2D eigenvalue weighted by molar-refractivity contribution is 0.570. The van der Waals surface area contributed by atoms with Crippen LogP contribution in [0.4, 0.5) is 5.69 Å². The van der Waals surface area contributed by atoms with Gasteiger partial charge < -0.3 is 10.2 Å². The zero-order chi connectivity index (χ0) is 14.5. The van der Waals surface area contributed by atoms with E-state index in [4.69, 9.17) is 11.6 Å². The lowest BCUT2D eigenvalue weighted by atomic mass is 10.1. The van der Waals surface area contributed by atoms with Gasteiger partial charge in [0.2, 0.25) is 0 Å². The molecule has 0 heterocycles. The van der Waals surface area contributed by atoms with Crippen LogP contribution in [0.1, 0.15) is 57.6 Å². The Bertz CT molecular complexity index is 427. The number of nitrogens with zero attached hydrogens (tertiary/aromatic N) is 1. The summed E-state index contributed by atoms with van der Waals surface area (Å²) in [6.07, 6.45) is 6.48. The maximum absolute atomic E-state index is 6.49. The van der Waals surface area contributed by atoms with Gasteiger partial charge >= 0.3 is 0 Å². The second kappa shape index (κ2) is 7.33. The smallest absolute Gasteiger partial charge is 0.0474 e. The molecule has 1 aromatic rings. The largest absolute Gasteiger partial charge is 0.372 e. The maximum atomic E-state index is 6.49. The minimum atomic E-state index is 0.313. The van der Waals surface area contributed by atoms with Crippen molar-refractivity contribution in [2.24, 2.45) is 0 Å². The van der Waals surface area contributed by atoms with Crippen molar-refractivity contribution in [3.63, 3.8) is 0 Å². The molecule has 3 heteroatoms. The first-order chi connectivity index (χ1) is 9.63. The average Bonchev–Trinajstić information content (AvgIpc) is 2.98. The predicted molar refractivity (Wildman–Crippen MR) is 88.8 cm³/mol. The quantitative estimate of drug-likeness (QED) is 0.812. The molecular formula is C17H27ClN2. The standard InChI is InChI=1S/C17H27ClN2/c1-4-11-19-13(2)16-10-9-15(12-17(16)18)20(3)14-7-5-6-8-14/h9-10,12-14,19H,4-8,11H2,1-3H3. The number of hydrogen-bond donors (Lipinski definition) is 1. The summed E-state index contributed by atoms with van der Waals surface area (Å²) in [5.74, 6) is 0. The molecule has 2 rings (SSSR count). The number of rotatable bonds is 6. The molecule has 2 nitrogen and oxygen atoms in total. The summed E-state index contributed by atoms with van der Waals surface area (Å²) in [5.41, 5.74) is 2.44. The molecular weight excluding hydrogens is 268 g/mol. The SMILES string of the molecule is CCCNC(C)c1ccc(N(C)C2CCCC2)cc1Cl. The summed E-state index contributed by atoms with van der Waals surface area (Å²) < 4.78 is 0. The van der Waals surface area contributed by atoms with Crippen molar-refractivity contribution in [3.05, 3.63) is 28.8 Å². The van der Waals surface area contributed by atoms with Gasteiger partial charge in [-0.3, -0.25) is 0 Å². The molecule has 0 spiro atoms. The Hall–Kier alpha value is -0.730. The van der Waals surface area contributed by atoms with Crippen LogP contribution >= 0.6 is 11.6 Å². The van der Waals surface area contributed by atoms with Crippen LogP contribution in [0.25, 0.3) is 0 Å². The fourth-order valence-corrected chi connectivity index (χ4v) is 3.40. The molecule has 1 fully saturated rings. The van der Waals surface area contributed by atoms with Crippen LogP contribution in [0, 0.1) is 0 Å². The maximum Gasteiger partial charge on any atom is 0.0474 e. The Morgan fingerprint density at radius 2 is 2.05 bits per heavy atom. The summed E-state index contributed by atoms with van der Waals surface area (Å²) >= 11 is 6.49. The summed E-state index contributed by atoms with van der Waals surface area (Å²) in [6, 6.07) is 7.51. The van der Waals surface area contributed by atoms with E-state index in [-0.39, 0.29) is 0 Å². The molecule has 112 valence electrons. The molecule has 0 radical (unpaired) electrons. The van der Waals surface area contributed by atoms with Crippen LogP contribution in [0.15, 0.2) is 18.2 Å². The molecule has 20 heavy (non-hydrogen) atoms. The van der Waals surface area contributed by atoms with E-state index in [1.807, 2.05) is 0 Å². The van der Waals surface area contributed by atoms with Crippen molar-refractivity contribution in [2.75, 3.05) is 18.5 Å². The predicted octanol–water partition coefficient (Wildman–Crippen LogP) is 4.78. The fourth-order valence-electron chi connectivity index (χ4n) is 3.06. The number of anilines is 1. The van der Waals surface area contributed by atoms with E-state index in [9.17, 15) is 0 Å². The Morgan fingerprint density at radius 1 is 1.35 bits per heavy atom. The normalized spacial score (nSPS) is 17.4. The van der Waals surface area contributed by atoms with E-state index in [1.165, 1.54) is 36.9 Å². The molecule has 1 aliphatic rings. The van der Waals surface area contributed by atoms with Gasteiger partial charge in [-0.1, -0.05) is 37.4 Å². The first-order valence-corrected chi connectivity index (χ1v) is 8.27. The van der Waals surface area contributed by atoms with Crippen LogP contribution < -0.4 is 10.2 Å². The molecule has 1 N–H and O–H groups in total. The summed E-state index contributed by atoms with van der Waals surface area (Å²) in [5, 5.41) is 4.37. The molecule has 0 amide bonds. The van der Waals surface area contributed by atoms with Crippen molar-refractivity contribution in [1.82, 2.24) is 5.32 Å². The van der Waals surface area contributed by atoms with Crippen LogP contribution in [0.5, 0.6) is 0 Å². The molecule has 1 aromatic carbocycles. The Balaban J connectivity index is 2.08. The van der Waals surface area contributed by atoms with Gasteiger partial charge in [-0.2, -0.15) is 0 Å². The number of hydrogen-bond acceptors (Lipinski definition) is 2. The van der Waals surface area contributed by atoms with Crippen LogP contribution in [0.2, 0.25) is 5.02 Å². The van der Waals surface area contributed by atoms with Gasteiger partial charge in [0.05, 0.1) is 0 Å². The van der Waals surface area contributed by atoms with Gasteiger partial charge in [0.15, 0.2) is 0 Å². The highest BCUT2D eigenvalue weighted by Crippen LogP contribution is 2.31. The van der Waals surface area contributed by atoms with Gasteiger partial charge in [0.25, 0.3) is 0 Å². The van der Waals surface area contributed by atoms with E-state index in [0.717, 1.165) is 18.0 Å². The summed E-state index contributed by atoms with van der Waals surface area (Å²) in [7, 11) is 2.19. The van der Waals surface area contributed by atoms with Crippen molar-refractivity contribution in [3.8, 4) is 0 Å². The minimum absolute atomic E-state index is 0.313. The Labute approximate surface area is 128 Å². The second-order valence-electron chi connectivity index (χ2n) is 5.93. The molecule has 1 saturated carbocycles. The third-order valence-corrected chi connectivity index (χ3v) is 4.76. The Kier molecular flexibility index (Phi) is 5.74. The molecule has 0 aromatic heterocycles. The molecule has 0 aliphatic heterocycles. The van der Waals surface area contributed by atoms with Crippen molar-refractivity contribution >= 4 is 17.3 Å². The number of halogens is 1. The van der Waals surface area contributed by atoms with Crippen molar-refractivity contribution < 1.29 is 0 Å². The minimum Gasteiger partial charge on any atom is -0.372 e. The molecule has 1 unspecified atom stereocenters. The zero-order valence-electron chi connectivity index (χ0n) is 13.0. The fraction of sp³-hybridized carbons (Fsp3) is 0.647. The lowest BCUT2D eigenvalue weighted by Crippen LogP contribution is -2.28. The second-order valence-corrected chi connectivity index (χ2v) is 6.34. The highest BCUT2D eigenvalue weighted by Gasteiger charge is 2.20. The van der Waals surface area contributed by atoms with Gasteiger partial charge in [-0.15, -0.1) is 0 Å². The topological polar surface area (TPSA) is 15.3 Å². The van der Waals surface area contributed by atoms with Gasteiger partial charge in [0.1, 0.15) is 0 Å². The van der Waals surface area contributed by atoms with E-state index in [0.29, 0.717) is 12.1 Å². The highest BCUT2D eigenvalue weighted by atomic mass is 35.5. The third kappa shape index (κ3) is 3.67.